The van der Waals surface area contributed by atoms with Gasteiger partial charge >= 0.3 is 5.97 Å². The van der Waals surface area contributed by atoms with Gasteiger partial charge in [-0.2, -0.15) is 0 Å². The first kappa shape index (κ1) is 15.5. The SMILES string of the molecule is CCCC(C)CC1(C(=O)O)CCC(C(C)C)CC1. The van der Waals surface area contributed by atoms with Gasteiger partial charge in [0.15, 0.2) is 0 Å². The van der Waals surface area contributed by atoms with Crippen LogP contribution in [0.1, 0.15) is 72.6 Å². The van der Waals surface area contributed by atoms with E-state index in [4.69, 9.17) is 0 Å². The van der Waals surface area contributed by atoms with Crippen LogP contribution in [-0.4, -0.2) is 11.1 Å². The summed E-state index contributed by atoms with van der Waals surface area (Å²) in [4.78, 5) is 11.7. The maximum absolute atomic E-state index is 11.7. The van der Waals surface area contributed by atoms with Gasteiger partial charge in [0.1, 0.15) is 0 Å². The number of carbonyl (C=O) groups is 1. The molecule has 1 N–H and O–H groups in total. The van der Waals surface area contributed by atoms with Crippen molar-refractivity contribution in [2.75, 3.05) is 0 Å². The van der Waals surface area contributed by atoms with Crippen LogP contribution in [0, 0.1) is 23.2 Å². The summed E-state index contributed by atoms with van der Waals surface area (Å²) >= 11 is 0. The van der Waals surface area contributed by atoms with Gasteiger partial charge in [-0.3, -0.25) is 4.79 Å². The van der Waals surface area contributed by atoms with Gasteiger partial charge < -0.3 is 5.11 Å². The fourth-order valence-corrected chi connectivity index (χ4v) is 3.63. The van der Waals surface area contributed by atoms with E-state index in [1.807, 2.05) is 0 Å². The van der Waals surface area contributed by atoms with Gasteiger partial charge in [-0.05, 0) is 49.9 Å². The maximum atomic E-state index is 11.7. The third-order valence-corrected chi connectivity index (χ3v) is 4.90. The number of carboxylic acids is 1. The Morgan fingerprint density at radius 2 is 1.83 bits per heavy atom. The lowest BCUT2D eigenvalue weighted by atomic mass is 9.64. The zero-order valence-corrected chi connectivity index (χ0v) is 12.5. The molecule has 0 amide bonds. The third-order valence-electron chi connectivity index (χ3n) is 4.90. The second kappa shape index (κ2) is 6.58. The predicted octanol–water partition coefficient (Wildman–Crippen LogP) is 4.73. The summed E-state index contributed by atoms with van der Waals surface area (Å²) in [6.07, 6.45) is 7.17. The molecule has 0 radical (unpaired) electrons. The first-order valence-corrected chi connectivity index (χ1v) is 7.64. The first-order valence-electron chi connectivity index (χ1n) is 7.64. The van der Waals surface area contributed by atoms with Gasteiger partial charge in [0.2, 0.25) is 0 Å². The van der Waals surface area contributed by atoms with Crippen LogP contribution in [-0.2, 0) is 4.79 Å². The van der Waals surface area contributed by atoms with Crippen molar-refractivity contribution >= 4 is 5.97 Å². The molecule has 2 nitrogen and oxygen atoms in total. The lowest BCUT2D eigenvalue weighted by Crippen LogP contribution is -2.37. The van der Waals surface area contributed by atoms with Crippen LogP contribution >= 0.6 is 0 Å². The normalized spacial score (nSPS) is 30.4. The molecule has 1 rings (SSSR count). The molecule has 18 heavy (non-hydrogen) atoms. The summed E-state index contributed by atoms with van der Waals surface area (Å²) in [5.41, 5.74) is -0.417. The van der Waals surface area contributed by atoms with Crippen LogP contribution in [0.2, 0.25) is 0 Å². The Labute approximate surface area is 112 Å². The van der Waals surface area contributed by atoms with Gasteiger partial charge in [-0.1, -0.05) is 40.5 Å². The average Bonchev–Trinajstić information content (AvgIpc) is 2.29. The lowest BCUT2D eigenvalue weighted by Gasteiger charge is -2.39. The highest BCUT2D eigenvalue weighted by Gasteiger charge is 2.42. The van der Waals surface area contributed by atoms with Crippen molar-refractivity contribution in [2.45, 2.75) is 72.6 Å². The van der Waals surface area contributed by atoms with Crippen LogP contribution in [0.15, 0.2) is 0 Å². The quantitative estimate of drug-likeness (QED) is 0.744. The van der Waals surface area contributed by atoms with E-state index in [9.17, 15) is 9.90 Å². The summed E-state index contributed by atoms with van der Waals surface area (Å²) in [5.74, 6) is 1.43. The fraction of sp³-hybridized carbons (Fsp3) is 0.938. The maximum Gasteiger partial charge on any atom is 0.309 e. The molecule has 1 aliphatic rings. The van der Waals surface area contributed by atoms with Gasteiger partial charge in [-0.25, -0.2) is 0 Å². The van der Waals surface area contributed by atoms with Crippen molar-refractivity contribution < 1.29 is 9.90 Å². The molecule has 1 atom stereocenters. The monoisotopic (exact) mass is 254 g/mol. The highest BCUT2D eigenvalue weighted by molar-refractivity contribution is 5.74. The molecule has 0 aromatic rings. The van der Waals surface area contributed by atoms with Gasteiger partial charge in [0, 0.05) is 0 Å². The molecule has 0 bridgehead atoms. The Morgan fingerprint density at radius 3 is 2.22 bits per heavy atom. The van der Waals surface area contributed by atoms with Crippen LogP contribution < -0.4 is 0 Å². The van der Waals surface area contributed by atoms with Crippen molar-refractivity contribution in [3.63, 3.8) is 0 Å². The van der Waals surface area contributed by atoms with Gasteiger partial charge in [0.25, 0.3) is 0 Å². The van der Waals surface area contributed by atoms with E-state index in [1.165, 1.54) is 0 Å². The molecule has 0 aliphatic heterocycles. The minimum atomic E-state index is -0.548. The van der Waals surface area contributed by atoms with E-state index in [2.05, 4.69) is 27.7 Å². The molecular formula is C16H30O2. The Bertz CT molecular complexity index is 262. The second-order valence-corrected chi connectivity index (χ2v) is 6.76. The number of carboxylic acid groups (broad SMARTS) is 1. The standard InChI is InChI=1S/C16H30O2/c1-5-6-13(4)11-16(15(17)18)9-7-14(8-10-16)12(2)3/h12-14H,5-11H2,1-4H3,(H,17,18). The third kappa shape index (κ3) is 3.73. The van der Waals surface area contributed by atoms with Gasteiger partial charge in [-0.15, -0.1) is 0 Å². The van der Waals surface area contributed by atoms with E-state index in [0.717, 1.165) is 50.9 Å². The summed E-state index contributed by atoms with van der Waals surface area (Å²) in [7, 11) is 0. The number of rotatable bonds is 6. The summed E-state index contributed by atoms with van der Waals surface area (Å²) in [6.45, 7) is 8.92. The highest BCUT2D eigenvalue weighted by atomic mass is 16.4. The molecule has 1 saturated carbocycles. The lowest BCUT2D eigenvalue weighted by molar-refractivity contribution is -0.153. The Balaban J connectivity index is 2.64. The predicted molar refractivity (Wildman–Crippen MR) is 75.6 cm³/mol. The molecule has 0 heterocycles. The van der Waals surface area contributed by atoms with E-state index < -0.39 is 11.4 Å². The van der Waals surface area contributed by atoms with Crippen molar-refractivity contribution in [1.82, 2.24) is 0 Å². The summed E-state index contributed by atoms with van der Waals surface area (Å²) in [6, 6.07) is 0. The molecule has 0 aromatic carbocycles. The van der Waals surface area contributed by atoms with Crippen molar-refractivity contribution in [2.24, 2.45) is 23.2 Å². The fourth-order valence-electron chi connectivity index (χ4n) is 3.63. The number of aliphatic carboxylic acids is 1. The Morgan fingerprint density at radius 1 is 1.28 bits per heavy atom. The zero-order valence-electron chi connectivity index (χ0n) is 12.5. The van der Waals surface area contributed by atoms with E-state index >= 15 is 0 Å². The topological polar surface area (TPSA) is 37.3 Å². The largest absolute Gasteiger partial charge is 0.481 e. The smallest absolute Gasteiger partial charge is 0.309 e. The molecule has 1 unspecified atom stereocenters. The second-order valence-electron chi connectivity index (χ2n) is 6.76. The Kier molecular flexibility index (Phi) is 5.68. The molecule has 1 aliphatic carbocycles. The number of hydrogen-bond acceptors (Lipinski definition) is 1. The van der Waals surface area contributed by atoms with E-state index in [0.29, 0.717) is 11.8 Å². The van der Waals surface area contributed by atoms with E-state index in [-0.39, 0.29) is 0 Å². The average molecular weight is 254 g/mol. The molecule has 0 saturated heterocycles. The molecular weight excluding hydrogens is 224 g/mol. The highest BCUT2D eigenvalue weighted by Crippen LogP contribution is 2.46. The minimum Gasteiger partial charge on any atom is -0.481 e. The van der Waals surface area contributed by atoms with Crippen LogP contribution in [0.3, 0.4) is 0 Å². The van der Waals surface area contributed by atoms with Crippen LogP contribution in [0.25, 0.3) is 0 Å². The Hall–Kier alpha value is -0.530. The molecule has 0 aromatic heterocycles. The van der Waals surface area contributed by atoms with E-state index in [1.54, 1.807) is 0 Å². The summed E-state index contributed by atoms with van der Waals surface area (Å²) in [5, 5.41) is 9.63. The molecule has 2 heteroatoms. The zero-order chi connectivity index (χ0) is 13.8. The minimum absolute atomic E-state index is 0.417. The molecule has 1 fully saturated rings. The number of hydrogen-bond donors (Lipinski definition) is 1. The summed E-state index contributed by atoms with van der Waals surface area (Å²) < 4.78 is 0. The van der Waals surface area contributed by atoms with Crippen LogP contribution in [0.5, 0.6) is 0 Å². The van der Waals surface area contributed by atoms with Crippen LogP contribution in [0.4, 0.5) is 0 Å². The van der Waals surface area contributed by atoms with Crippen molar-refractivity contribution in [3.05, 3.63) is 0 Å². The first-order chi connectivity index (χ1) is 8.41. The van der Waals surface area contributed by atoms with Crippen molar-refractivity contribution in [1.29, 1.82) is 0 Å². The van der Waals surface area contributed by atoms with Gasteiger partial charge in [0.05, 0.1) is 5.41 Å². The van der Waals surface area contributed by atoms with Crippen molar-refractivity contribution in [3.8, 4) is 0 Å². The molecule has 106 valence electrons. The molecule has 0 spiro atoms.